The summed E-state index contributed by atoms with van der Waals surface area (Å²) in [4.78, 5) is 21.3. The fourth-order valence-electron chi connectivity index (χ4n) is 3.30. The van der Waals surface area contributed by atoms with Gasteiger partial charge in [0.1, 0.15) is 0 Å². The van der Waals surface area contributed by atoms with Crippen molar-refractivity contribution < 1.29 is 14.8 Å². The summed E-state index contributed by atoms with van der Waals surface area (Å²) in [5, 5.41) is 10.5. The van der Waals surface area contributed by atoms with Gasteiger partial charge < -0.3 is 5.32 Å². The molecule has 0 radical (unpaired) electrons. The first-order valence-electron chi connectivity index (χ1n) is 9.69. The van der Waals surface area contributed by atoms with E-state index < -0.39 is 0 Å². The quantitative estimate of drug-likeness (QED) is 0.287. The minimum atomic E-state index is -0.0777. The first-order chi connectivity index (χ1) is 13.7. The second kappa shape index (κ2) is 11.7. The third-order valence-electron chi connectivity index (χ3n) is 4.67. The van der Waals surface area contributed by atoms with E-state index in [-0.39, 0.29) is 18.4 Å². The first-order valence-corrected chi connectivity index (χ1v) is 9.69. The molecule has 2 amide bonds. The number of rotatable bonds is 7. The molecular formula is C23H28N2O3. The highest BCUT2D eigenvalue weighted by atomic mass is 16.5. The summed E-state index contributed by atoms with van der Waals surface area (Å²) >= 11 is 0. The molecule has 1 aliphatic rings. The Bertz CT molecular complexity index is 752. The molecular weight excluding hydrogens is 352 g/mol. The number of amides is 2. The van der Waals surface area contributed by atoms with Gasteiger partial charge >= 0.3 is 0 Å². The van der Waals surface area contributed by atoms with Crippen LogP contribution in [0.25, 0.3) is 12.2 Å². The molecule has 5 nitrogen and oxygen atoms in total. The molecule has 3 rings (SSSR count). The zero-order valence-corrected chi connectivity index (χ0v) is 16.2. The first kappa shape index (κ1) is 21.4. The standard InChI is InChI=1S/C22H25NO.CH3NO2/c1-2-3-4-5-14-21(24)23-22-19-12-8-6-10-17(19)15-16-18-11-7-9-13-20(18)22;3-1-2-4/h6-13,15-16,22H,2-5,14H2,1H3,(H,23,24);1,4H,(H,2,3). The van der Waals surface area contributed by atoms with E-state index in [0.29, 0.717) is 6.42 Å². The number of hydrogen-bond donors (Lipinski definition) is 3. The molecule has 0 bridgehead atoms. The minimum Gasteiger partial charge on any atom is -0.345 e. The van der Waals surface area contributed by atoms with Crippen LogP contribution in [0.4, 0.5) is 0 Å². The van der Waals surface area contributed by atoms with Gasteiger partial charge in [-0.25, -0.2) is 5.48 Å². The van der Waals surface area contributed by atoms with Crippen LogP contribution in [0.2, 0.25) is 0 Å². The second-order valence-corrected chi connectivity index (χ2v) is 6.65. The average molecular weight is 380 g/mol. The van der Waals surface area contributed by atoms with Crippen LogP contribution < -0.4 is 10.8 Å². The lowest BCUT2D eigenvalue weighted by atomic mass is 9.94. The Hall–Kier alpha value is -2.92. The van der Waals surface area contributed by atoms with Crippen molar-refractivity contribution in [2.24, 2.45) is 0 Å². The third-order valence-corrected chi connectivity index (χ3v) is 4.67. The van der Waals surface area contributed by atoms with Gasteiger partial charge in [-0.05, 0) is 28.7 Å². The number of fused-ring (bicyclic) bond motifs is 2. The lowest BCUT2D eigenvalue weighted by Crippen LogP contribution is -2.29. The average Bonchev–Trinajstić information content (AvgIpc) is 2.89. The Balaban J connectivity index is 0.000000640. The number of carbonyl (C=O) groups excluding carboxylic acids is 2. The number of carbonyl (C=O) groups is 2. The molecule has 0 atom stereocenters. The van der Waals surface area contributed by atoms with Gasteiger partial charge in [0.15, 0.2) is 0 Å². The molecule has 0 heterocycles. The predicted molar refractivity (Wildman–Crippen MR) is 112 cm³/mol. The van der Waals surface area contributed by atoms with Gasteiger partial charge in [0.05, 0.1) is 6.04 Å². The fourth-order valence-corrected chi connectivity index (χ4v) is 3.30. The van der Waals surface area contributed by atoms with Gasteiger partial charge in [-0.3, -0.25) is 14.8 Å². The van der Waals surface area contributed by atoms with Crippen molar-refractivity contribution >= 4 is 24.5 Å². The topological polar surface area (TPSA) is 78.4 Å². The van der Waals surface area contributed by atoms with Crippen molar-refractivity contribution in [3.63, 3.8) is 0 Å². The van der Waals surface area contributed by atoms with Gasteiger partial charge in [-0.2, -0.15) is 0 Å². The summed E-state index contributed by atoms with van der Waals surface area (Å²) in [6.07, 6.45) is 9.55. The molecule has 0 fully saturated rings. The molecule has 2 aromatic carbocycles. The molecule has 0 spiro atoms. The predicted octanol–water partition coefficient (Wildman–Crippen LogP) is 4.47. The van der Waals surface area contributed by atoms with Gasteiger partial charge in [0.25, 0.3) is 0 Å². The van der Waals surface area contributed by atoms with Crippen LogP contribution >= 0.6 is 0 Å². The van der Waals surface area contributed by atoms with Crippen LogP contribution in [0.15, 0.2) is 48.5 Å². The van der Waals surface area contributed by atoms with Crippen LogP contribution in [0, 0.1) is 0 Å². The molecule has 28 heavy (non-hydrogen) atoms. The Morgan fingerprint density at radius 1 is 0.964 bits per heavy atom. The molecule has 0 saturated carbocycles. The summed E-state index contributed by atoms with van der Waals surface area (Å²) < 4.78 is 0. The molecule has 0 unspecified atom stereocenters. The molecule has 3 N–H and O–H groups in total. The number of hydrogen-bond acceptors (Lipinski definition) is 3. The van der Waals surface area contributed by atoms with Crippen LogP contribution in [0.3, 0.4) is 0 Å². The van der Waals surface area contributed by atoms with Crippen LogP contribution in [0.5, 0.6) is 0 Å². The van der Waals surface area contributed by atoms with Crippen molar-refractivity contribution in [1.29, 1.82) is 0 Å². The maximum Gasteiger partial charge on any atom is 0.230 e. The molecule has 0 aliphatic heterocycles. The summed E-state index contributed by atoms with van der Waals surface area (Å²) in [6.45, 7) is 2.19. The summed E-state index contributed by atoms with van der Waals surface area (Å²) in [5.74, 6) is 0.141. The van der Waals surface area contributed by atoms with Gasteiger partial charge in [-0.15, -0.1) is 0 Å². The van der Waals surface area contributed by atoms with E-state index in [1.165, 1.54) is 40.6 Å². The number of nitrogens with one attached hydrogen (secondary N) is 2. The van der Waals surface area contributed by atoms with Crippen LogP contribution in [-0.4, -0.2) is 17.5 Å². The Kier molecular flexibility index (Phi) is 8.95. The van der Waals surface area contributed by atoms with Crippen molar-refractivity contribution in [1.82, 2.24) is 10.8 Å². The molecule has 1 aliphatic carbocycles. The van der Waals surface area contributed by atoms with Crippen LogP contribution in [-0.2, 0) is 9.59 Å². The largest absolute Gasteiger partial charge is 0.345 e. The van der Waals surface area contributed by atoms with Crippen molar-refractivity contribution in [3.8, 4) is 0 Å². The van der Waals surface area contributed by atoms with E-state index in [1.807, 2.05) is 24.3 Å². The van der Waals surface area contributed by atoms with Crippen molar-refractivity contribution in [2.45, 2.75) is 45.1 Å². The monoisotopic (exact) mass is 380 g/mol. The van der Waals surface area contributed by atoms with E-state index in [2.05, 4.69) is 48.7 Å². The van der Waals surface area contributed by atoms with Crippen molar-refractivity contribution in [3.05, 3.63) is 70.8 Å². The van der Waals surface area contributed by atoms with E-state index in [4.69, 9.17) is 10.0 Å². The summed E-state index contributed by atoms with van der Waals surface area (Å²) in [6, 6.07) is 16.5. The highest BCUT2D eigenvalue weighted by molar-refractivity contribution is 5.80. The smallest absolute Gasteiger partial charge is 0.230 e. The van der Waals surface area contributed by atoms with E-state index >= 15 is 0 Å². The molecule has 0 aromatic heterocycles. The maximum absolute atomic E-state index is 12.5. The molecule has 5 heteroatoms. The minimum absolute atomic E-state index is 0.0777. The van der Waals surface area contributed by atoms with Gasteiger partial charge in [0, 0.05) is 6.42 Å². The zero-order valence-electron chi connectivity index (χ0n) is 16.2. The SMILES string of the molecule is CCCCCCC(=O)NC1c2ccccc2C=Cc2ccccc21.O=CNO. The second-order valence-electron chi connectivity index (χ2n) is 6.65. The van der Waals surface area contributed by atoms with E-state index in [0.717, 1.165) is 12.8 Å². The van der Waals surface area contributed by atoms with Crippen LogP contribution in [0.1, 0.15) is 67.3 Å². The highest BCUT2D eigenvalue weighted by Crippen LogP contribution is 2.32. The third kappa shape index (κ3) is 6.06. The lowest BCUT2D eigenvalue weighted by molar-refractivity contribution is -0.121. The summed E-state index contributed by atoms with van der Waals surface area (Å²) in [7, 11) is 0. The Morgan fingerprint density at radius 3 is 2.00 bits per heavy atom. The lowest BCUT2D eigenvalue weighted by Gasteiger charge is -2.22. The number of unbranched alkanes of at least 4 members (excludes halogenated alkanes) is 3. The van der Waals surface area contributed by atoms with E-state index in [9.17, 15) is 4.79 Å². The fraction of sp³-hybridized carbons (Fsp3) is 0.304. The van der Waals surface area contributed by atoms with E-state index in [1.54, 1.807) is 0 Å². The zero-order chi connectivity index (χ0) is 20.2. The molecule has 148 valence electrons. The van der Waals surface area contributed by atoms with Crippen molar-refractivity contribution in [2.75, 3.05) is 0 Å². The summed E-state index contributed by atoms with van der Waals surface area (Å²) in [5.41, 5.74) is 5.93. The number of benzene rings is 2. The molecule has 0 saturated heterocycles. The maximum atomic E-state index is 12.5. The Labute approximate surface area is 166 Å². The van der Waals surface area contributed by atoms with Gasteiger partial charge in [0.2, 0.25) is 12.3 Å². The highest BCUT2D eigenvalue weighted by Gasteiger charge is 2.22. The van der Waals surface area contributed by atoms with Gasteiger partial charge in [-0.1, -0.05) is 86.9 Å². The Morgan fingerprint density at radius 2 is 1.50 bits per heavy atom. The number of hydroxylamine groups is 1. The molecule has 2 aromatic rings. The normalized spacial score (nSPS) is 11.9.